The van der Waals surface area contributed by atoms with Gasteiger partial charge in [0.25, 0.3) is 0 Å². The quantitative estimate of drug-likeness (QED) is 0.656. The summed E-state index contributed by atoms with van der Waals surface area (Å²) >= 11 is 3.81. The van der Waals surface area contributed by atoms with Crippen LogP contribution >= 0.6 is 15.9 Å². The van der Waals surface area contributed by atoms with E-state index in [1.54, 1.807) is 0 Å². The standard InChI is InChI=1S/C14H21Br/c1-5-6-7-13(15)14-11(3)8-10(2)9-12(14)4/h8-9,13H,5-7H2,1-4H3. The highest BCUT2D eigenvalue weighted by Crippen LogP contribution is 2.33. The summed E-state index contributed by atoms with van der Waals surface area (Å²) in [5.41, 5.74) is 5.70. The Morgan fingerprint density at radius 3 is 2.13 bits per heavy atom. The summed E-state index contributed by atoms with van der Waals surface area (Å²) < 4.78 is 0. The van der Waals surface area contributed by atoms with Crippen molar-refractivity contribution in [2.24, 2.45) is 0 Å². The van der Waals surface area contributed by atoms with Crippen molar-refractivity contribution in [2.45, 2.75) is 51.8 Å². The number of halogens is 1. The Bertz CT molecular complexity index is 305. The SMILES string of the molecule is CCCCC(Br)c1c(C)cc(C)cc1C. The number of alkyl halides is 1. The van der Waals surface area contributed by atoms with E-state index in [-0.39, 0.29) is 0 Å². The molecule has 1 heteroatoms. The zero-order valence-corrected chi connectivity index (χ0v) is 11.8. The van der Waals surface area contributed by atoms with Crippen molar-refractivity contribution in [2.75, 3.05) is 0 Å². The van der Waals surface area contributed by atoms with E-state index < -0.39 is 0 Å². The molecule has 0 aliphatic carbocycles. The minimum Gasteiger partial charge on any atom is -0.0839 e. The molecule has 0 aromatic heterocycles. The van der Waals surface area contributed by atoms with Crippen LogP contribution in [0, 0.1) is 20.8 Å². The van der Waals surface area contributed by atoms with E-state index in [1.165, 1.54) is 41.5 Å². The third-order valence-electron chi connectivity index (χ3n) is 2.86. The monoisotopic (exact) mass is 268 g/mol. The number of hydrogen-bond acceptors (Lipinski definition) is 0. The Morgan fingerprint density at radius 1 is 1.13 bits per heavy atom. The zero-order chi connectivity index (χ0) is 11.4. The summed E-state index contributed by atoms with van der Waals surface area (Å²) in [4.78, 5) is 0.526. The second-order valence-corrected chi connectivity index (χ2v) is 5.53. The molecule has 1 aromatic carbocycles. The Labute approximate surface area is 102 Å². The minimum absolute atomic E-state index is 0.526. The number of benzene rings is 1. The molecule has 0 bridgehead atoms. The normalized spacial score (nSPS) is 12.9. The summed E-state index contributed by atoms with van der Waals surface area (Å²) in [5, 5.41) is 0. The van der Waals surface area contributed by atoms with Crippen molar-refractivity contribution in [1.29, 1.82) is 0 Å². The van der Waals surface area contributed by atoms with Crippen molar-refractivity contribution in [3.05, 3.63) is 34.4 Å². The van der Waals surface area contributed by atoms with E-state index in [0.29, 0.717) is 4.83 Å². The molecule has 1 aromatic rings. The molecule has 84 valence electrons. The molecular weight excluding hydrogens is 248 g/mol. The van der Waals surface area contributed by atoms with Crippen molar-refractivity contribution in [3.8, 4) is 0 Å². The fourth-order valence-electron chi connectivity index (χ4n) is 2.21. The lowest BCUT2D eigenvalue weighted by Crippen LogP contribution is -1.98. The van der Waals surface area contributed by atoms with Gasteiger partial charge in [0.1, 0.15) is 0 Å². The first-order chi connectivity index (χ1) is 7.06. The van der Waals surface area contributed by atoms with Gasteiger partial charge in [-0.2, -0.15) is 0 Å². The van der Waals surface area contributed by atoms with Gasteiger partial charge in [-0.05, 0) is 43.9 Å². The van der Waals surface area contributed by atoms with Gasteiger partial charge in [0.2, 0.25) is 0 Å². The molecule has 0 nitrogen and oxygen atoms in total. The van der Waals surface area contributed by atoms with Gasteiger partial charge in [-0.3, -0.25) is 0 Å². The molecule has 0 amide bonds. The Kier molecular flexibility index (Phi) is 4.85. The lowest BCUT2D eigenvalue weighted by molar-refractivity contribution is 0.709. The van der Waals surface area contributed by atoms with Gasteiger partial charge >= 0.3 is 0 Å². The highest BCUT2D eigenvalue weighted by atomic mass is 79.9. The predicted molar refractivity (Wildman–Crippen MR) is 71.8 cm³/mol. The fourth-order valence-corrected chi connectivity index (χ4v) is 3.26. The summed E-state index contributed by atoms with van der Waals surface area (Å²) in [7, 11) is 0. The van der Waals surface area contributed by atoms with Gasteiger partial charge in [0, 0.05) is 4.83 Å². The van der Waals surface area contributed by atoms with Crippen LogP contribution in [0.15, 0.2) is 12.1 Å². The fraction of sp³-hybridized carbons (Fsp3) is 0.571. The Hall–Kier alpha value is -0.300. The molecule has 0 aliphatic heterocycles. The van der Waals surface area contributed by atoms with Crippen LogP contribution in [0.1, 0.15) is 53.3 Å². The zero-order valence-electron chi connectivity index (χ0n) is 10.2. The third-order valence-corrected chi connectivity index (χ3v) is 3.78. The van der Waals surface area contributed by atoms with E-state index in [4.69, 9.17) is 0 Å². The van der Waals surface area contributed by atoms with Crippen LogP contribution in [0.4, 0.5) is 0 Å². The molecule has 1 unspecified atom stereocenters. The van der Waals surface area contributed by atoms with Gasteiger partial charge in [-0.1, -0.05) is 53.4 Å². The summed E-state index contributed by atoms with van der Waals surface area (Å²) in [6.07, 6.45) is 3.80. The first-order valence-electron chi connectivity index (χ1n) is 5.78. The average molecular weight is 269 g/mol. The molecule has 0 spiro atoms. The second kappa shape index (κ2) is 5.69. The molecular formula is C14H21Br. The van der Waals surface area contributed by atoms with Crippen molar-refractivity contribution in [3.63, 3.8) is 0 Å². The van der Waals surface area contributed by atoms with Crippen LogP contribution in [0.3, 0.4) is 0 Å². The minimum atomic E-state index is 0.526. The molecule has 0 heterocycles. The maximum absolute atomic E-state index is 3.81. The predicted octanol–water partition coefficient (Wildman–Crippen LogP) is 5.24. The lowest BCUT2D eigenvalue weighted by atomic mass is 9.95. The highest BCUT2D eigenvalue weighted by Gasteiger charge is 2.12. The van der Waals surface area contributed by atoms with Crippen LogP contribution in [-0.4, -0.2) is 0 Å². The van der Waals surface area contributed by atoms with Gasteiger partial charge in [-0.25, -0.2) is 0 Å². The van der Waals surface area contributed by atoms with E-state index in [9.17, 15) is 0 Å². The van der Waals surface area contributed by atoms with Crippen LogP contribution in [0.5, 0.6) is 0 Å². The molecule has 1 rings (SSSR count). The summed E-state index contributed by atoms with van der Waals surface area (Å²) in [6.45, 7) is 8.85. The smallest absolute Gasteiger partial charge is 0.0400 e. The van der Waals surface area contributed by atoms with Crippen LogP contribution in [0.2, 0.25) is 0 Å². The molecule has 0 radical (unpaired) electrons. The third kappa shape index (κ3) is 3.34. The van der Waals surface area contributed by atoms with Gasteiger partial charge in [0.15, 0.2) is 0 Å². The van der Waals surface area contributed by atoms with Gasteiger partial charge in [0.05, 0.1) is 0 Å². The van der Waals surface area contributed by atoms with Crippen LogP contribution in [-0.2, 0) is 0 Å². The highest BCUT2D eigenvalue weighted by molar-refractivity contribution is 9.09. The Balaban J connectivity index is 2.92. The van der Waals surface area contributed by atoms with Crippen LogP contribution < -0.4 is 0 Å². The Morgan fingerprint density at radius 2 is 1.67 bits per heavy atom. The first kappa shape index (κ1) is 12.8. The topological polar surface area (TPSA) is 0 Å². The molecule has 0 aliphatic rings. The van der Waals surface area contributed by atoms with E-state index in [2.05, 4.69) is 55.8 Å². The lowest BCUT2D eigenvalue weighted by Gasteiger charge is -2.16. The van der Waals surface area contributed by atoms with E-state index in [1.807, 2.05) is 0 Å². The average Bonchev–Trinajstić information content (AvgIpc) is 2.12. The van der Waals surface area contributed by atoms with Crippen molar-refractivity contribution >= 4 is 15.9 Å². The van der Waals surface area contributed by atoms with E-state index >= 15 is 0 Å². The van der Waals surface area contributed by atoms with Gasteiger partial charge < -0.3 is 0 Å². The van der Waals surface area contributed by atoms with Crippen LogP contribution in [0.25, 0.3) is 0 Å². The summed E-state index contributed by atoms with van der Waals surface area (Å²) in [5.74, 6) is 0. The van der Waals surface area contributed by atoms with Crippen molar-refractivity contribution in [1.82, 2.24) is 0 Å². The molecule has 0 saturated heterocycles. The molecule has 0 saturated carbocycles. The second-order valence-electron chi connectivity index (χ2n) is 4.42. The van der Waals surface area contributed by atoms with E-state index in [0.717, 1.165) is 0 Å². The number of hydrogen-bond donors (Lipinski definition) is 0. The van der Waals surface area contributed by atoms with Gasteiger partial charge in [-0.15, -0.1) is 0 Å². The molecule has 1 atom stereocenters. The maximum atomic E-state index is 3.81. The largest absolute Gasteiger partial charge is 0.0839 e. The molecule has 15 heavy (non-hydrogen) atoms. The maximum Gasteiger partial charge on any atom is 0.0400 e. The summed E-state index contributed by atoms with van der Waals surface area (Å²) in [6, 6.07) is 4.56. The number of unbranched alkanes of at least 4 members (excludes halogenated alkanes) is 1. The number of aryl methyl sites for hydroxylation is 3. The molecule has 0 fully saturated rings. The molecule has 0 N–H and O–H groups in total. The first-order valence-corrected chi connectivity index (χ1v) is 6.69. The number of rotatable bonds is 4. The van der Waals surface area contributed by atoms with Crippen molar-refractivity contribution < 1.29 is 0 Å².